The van der Waals surface area contributed by atoms with Crippen LogP contribution in [-0.2, 0) is 4.79 Å². The molecule has 0 unspecified atom stereocenters. The van der Waals surface area contributed by atoms with Gasteiger partial charge in [0.15, 0.2) is 5.78 Å². The van der Waals surface area contributed by atoms with Gasteiger partial charge in [-0.25, -0.2) is 4.98 Å². The summed E-state index contributed by atoms with van der Waals surface area (Å²) in [5, 5.41) is 1.08. The van der Waals surface area contributed by atoms with E-state index < -0.39 is 0 Å². The van der Waals surface area contributed by atoms with Crippen molar-refractivity contribution in [3.8, 4) is 5.75 Å². The Balaban J connectivity index is 1.36. The number of amides is 1. The van der Waals surface area contributed by atoms with Crippen molar-refractivity contribution in [2.75, 3.05) is 38.2 Å². The van der Waals surface area contributed by atoms with Crippen LogP contribution in [0.3, 0.4) is 0 Å². The fourth-order valence-corrected chi connectivity index (χ4v) is 4.15. The number of rotatable bonds is 6. The van der Waals surface area contributed by atoms with E-state index in [9.17, 15) is 9.59 Å². The highest BCUT2D eigenvalue weighted by molar-refractivity contribution is 5.98. The molecule has 2 heterocycles. The molecule has 166 valence electrons. The molecule has 1 aromatic heterocycles. The van der Waals surface area contributed by atoms with Crippen LogP contribution in [-0.4, -0.2) is 54.9 Å². The van der Waals surface area contributed by atoms with E-state index in [1.54, 1.807) is 7.11 Å². The maximum Gasteiger partial charge on any atom is 0.223 e. The molecule has 1 aliphatic heterocycles. The number of methoxy groups -OCH3 is 1. The first-order valence-electron chi connectivity index (χ1n) is 11.0. The molecule has 1 fully saturated rings. The molecular formula is C26H29N3O3. The minimum Gasteiger partial charge on any atom is -0.494 e. The highest BCUT2D eigenvalue weighted by Crippen LogP contribution is 2.29. The molecule has 1 amide bonds. The number of hydrogen-bond donors (Lipinski definition) is 0. The van der Waals surface area contributed by atoms with Gasteiger partial charge in [0.05, 0.1) is 7.11 Å². The quantitative estimate of drug-likeness (QED) is 0.548. The molecule has 2 aromatic carbocycles. The first-order valence-corrected chi connectivity index (χ1v) is 11.0. The number of hydrogen-bond acceptors (Lipinski definition) is 5. The van der Waals surface area contributed by atoms with Crippen molar-refractivity contribution < 1.29 is 14.3 Å². The second kappa shape index (κ2) is 9.39. The Hall–Kier alpha value is -3.41. The van der Waals surface area contributed by atoms with Crippen molar-refractivity contribution in [1.82, 2.24) is 9.88 Å². The van der Waals surface area contributed by atoms with E-state index in [2.05, 4.69) is 24.0 Å². The molecule has 0 atom stereocenters. The largest absolute Gasteiger partial charge is 0.494 e. The van der Waals surface area contributed by atoms with Crippen LogP contribution in [0.4, 0.5) is 5.82 Å². The summed E-state index contributed by atoms with van der Waals surface area (Å²) in [5.41, 5.74) is 3.79. The zero-order chi connectivity index (χ0) is 22.7. The third-order valence-electron chi connectivity index (χ3n) is 6.11. The molecule has 0 spiro atoms. The Kier molecular flexibility index (Phi) is 6.40. The van der Waals surface area contributed by atoms with Gasteiger partial charge in [0.2, 0.25) is 5.91 Å². The zero-order valence-corrected chi connectivity index (χ0v) is 18.9. The maximum atomic E-state index is 12.7. The molecule has 32 heavy (non-hydrogen) atoms. The van der Waals surface area contributed by atoms with Crippen molar-refractivity contribution >= 4 is 28.4 Å². The van der Waals surface area contributed by atoms with Crippen LogP contribution >= 0.6 is 0 Å². The van der Waals surface area contributed by atoms with Gasteiger partial charge in [0.1, 0.15) is 17.1 Å². The average molecular weight is 432 g/mol. The number of carbonyl (C=O) groups is 2. The van der Waals surface area contributed by atoms with Gasteiger partial charge >= 0.3 is 0 Å². The smallest absolute Gasteiger partial charge is 0.223 e. The molecule has 0 radical (unpaired) electrons. The lowest BCUT2D eigenvalue weighted by Gasteiger charge is -2.35. The monoisotopic (exact) mass is 431 g/mol. The molecule has 6 heteroatoms. The summed E-state index contributed by atoms with van der Waals surface area (Å²) >= 11 is 0. The van der Waals surface area contributed by atoms with E-state index >= 15 is 0 Å². The third kappa shape index (κ3) is 4.59. The lowest BCUT2D eigenvalue weighted by atomic mass is 10.0. The normalized spacial score (nSPS) is 14.0. The minimum absolute atomic E-state index is 0.0155. The molecule has 1 aliphatic rings. The number of benzene rings is 2. The topological polar surface area (TPSA) is 62.7 Å². The van der Waals surface area contributed by atoms with Crippen LogP contribution < -0.4 is 9.64 Å². The van der Waals surface area contributed by atoms with E-state index in [-0.39, 0.29) is 24.5 Å². The van der Waals surface area contributed by atoms with Crippen molar-refractivity contribution in [1.29, 1.82) is 0 Å². The standard InChI is InChI=1S/C26H29N3O3/c1-18-7-9-20(10-8-18)22(30)11-12-25(31)29-15-13-28(14-16-29)24-17-19(2)21-5-4-6-23(32-3)26(21)27-24/h4-10,17H,11-16H2,1-3H3. The molecule has 4 rings (SSSR count). The van der Waals surface area contributed by atoms with Crippen LogP contribution in [0.15, 0.2) is 48.5 Å². The summed E-state index contributed by atoms with van der Waals surface area (Å²) in [4.78, 5) is 34.0. The van der Waals surface area contributed by atoms with Crippen LogP contribution in [0.25, 0.3) is 10.9 Å². The van der Waals surface area contributed by atoms with Gasteiger partial charge in [-0.05, 0) is 31.5 Å². The second-order valence-electron chi connectivity index (χ2n) is 8.31. The lowest BCUT2D eigenvalue weighted by molar-refractivity contribution is -0.131. The SMILES string of the molecule is COc1cccc2c(C)cc(N3CCN(C(=O)CCC(=O)c4ccc(C)cc4)CC3)nc12. The van der Waals surface area contributed by atoms with E-state index in [0.717, 1.165) is 33.6 Å². The Bertz CT molecular complexity index is 1130. The van der Waals surface area contributed by atoms with E-state index in [4.69, 9.17) is 9.72 Å². The van der Waals surface area contributed by atoms with Crippen LogP contribution in [0.1, 0.15) is 34.3 Å². The Morgan fingerprint density at radius 2 is 1.69 bits per heavy atom. The van der Waals surface area contributed by atoms with Gasteiger partial charge in [0, 0.05) is 50.0 Å². The molecule has 3 aromatic rings. The molecule has 1 saturated heterocycles. The highest BCUT2D eigenvalue weighted by Gasteiger charge is 2.23. The third-order valence-corrected chi connectivity index (χ3v) is 6.11. The van der Waals surface area contributed by atoms with E-state index in [1.807, 2.05) is 48.2 Å². The van der Waals surface area contributed by atoms with Gasteiger partial charge in [-0.3, -0.25) is 9.59 Å². The van der Waals surface area contributed by atoms with Gasteiger partial charge in [-0.1, -0.05) is 42.0 Å². The van der Waals surface area contributed by atoms with Crippen molar-refractivity contribution in [2.45, 2.75) is 26.7 Å². The van der Waals surface area contributed by atoms with Crippen molar-refractivity contribution in [2.24, 2.45) is 0 Å². The number of ketones is 1. The van der Waals surface area contributed by atoms with E-state index in [0.29, 0.717) is 31.7 Å². The molecule has 0 saturated carbocycles. The number of anilines is 1. The van der Waals surface area contributed by atoms with Gasteiger partial charge in [-0.15, -0.1) is 0 Å². The summed E-state index contributed by atoms with van der Waals surface area (Å²) in [6, 6.07) is 15.6. The van der Waals surface area contributed by atoms with Crippen LogP contribution in [0, 0.1) is 13.8 Å². The van der Waals surface area contributed by atoms with E-state index in [1.165, 1.54) is 0 Å². The van der Waals surface area contributed by atoms with Crippen molar-refractivity contribution in [3.05, 3.63) is 65.2 Å². The number of aromatic nitrogens is 1. The molecule has 6 nitrogen and oxygen atoms in total. The number of aryl methyl sites for hydroxylation is 2. The van der Waals surface area contributed by atoms with Gasteiger partial charge in [-0.2, -0.15) is 0 Å². The number of piperazine rings is 1. The first-order chi connectivity index (χ1) is 15.5. The number of pyridine rings is 1. The number of fused-ring (bicyclic) bond motifs is 1. The summed E-state index contributed by atoms with van der Waals surface area (Å²) < 4.78 is 5.50. The predicted octanol–water partition coefficient (Wildman–Crippen LogP) is 4.17. The molecule has 0 aliphatic carbocycles. The maximum absolute atomic E-state index is 12.7. The van der Waals surface area contributed by atoms with Crippen molar-refractivity contribution in [3.63, 3.8) is 0 Å². The zero-order valence-electron chi connectivity index (χ0n) is 18.9. The highest BCUT2D eigenvalue weighted by atomic mass is 16.5. The Morgan fingerprint density at radius 1 is 0.969 bits per heavy atom. The average Bonchev–Trinajstić information content (AvgIpc) is 2.82. The Labute approximate surface area is 188 Å². The molecule has 0 N–H and O–H groups in total. The summed E-state index contributed by atoms with van der Waals surface area (Å²) in [6.45, 7) is 6.75. The fourth-order valence-electron chi connectivity index (χ4n) is 4.15. The van der Waals surface area contributed by atoms with Crippen LogP contribution in [0.5, 0.6) is 5.75 Å². The minimum atomic E-state index is 0.0155. The molecular weight excluding hydrogens is 402 g/mol. The summed E-state index contributed by atoms with van der Waals surface area (Å²) in [6.07, 6.45) is 0.491. The van der Waals surface area contributed by atoms with Gasteiger partial charge < -0.3 is 14.5 Å². The van der Waals surface area contributed by atoms with Gasteiger partial charge in [0.25, 0.3) is 0 Å². The predicted molar refractivity (Wildman–Crippen MR) is 127 cm³/mol. The summed E-state index contributed by atoms with van der Waals surface area (Å²) in [7, 11) is 1.66. The number of Topliss-reactive ketones (excluding diaryl/α,β-unsaturated/α-hetero) is 1. The second-order valence-corrected chi connectivity index (χ2v) is 8.31. The Morgan fingerprint density at radius 3 is 2.38 bits per heavy atom. The lowest BCUT2D eigenvalue weighted by Crippen LogP contribution is -2.49. The number of carbonyl (C=O) groups excluding carboxylic acids is 2. The van der Waals surface area contributed by atoms with Crippen LogP contribution in [0.2, 0.25) is 0 Å². The number of nitrogens with zero attached hydrogens (tertiary/aromatic N) is 3. The first kappa shape index (κ1) is 21.8. The summed E-state index contributed by atoms with van der Waals surface area (Å²) in [5.74, 6) is 1.72. The number of para-hydroxylation sites is 1. The fraction of sp³-hybridized carbons (Fsp3) is 0.346. The molecule has 0 bridgehead atoms. The number of ether oxygens (including phenoxy) is 1.